The zero-order valence-corrected chi connectivity index (χ0v) is 13.8. The van der Waals surface area contributed by atoms with Crippen LogP contribution in [0.15, 0.2) is 24.3 Å². The first-order valence-corrected chi connectivity index (χ1v) is 9.56. The number of nitro benzene ring substituents is 1. The predicted octanol–water partition coefficient (Wildman–Crippen LogP) is 1.77. The Bertz CT molecular complexity index is 695. The summed E-state index contributed by atoms with van der Waals surface area (Å²) in [6, 6.07) is 6.35. The highest BCUT2D eigenvalue weighted by atomic mass is 32.2. The number of anilines is 1. The smallest absolute Gasteiger partial charge is 0.269 e. The molecule has 0 saturated carbocycles. The first-order chi connectivity index (χ1) is 10.8. The number of ether oxygens (including phenoxy) is 1. The molecule has 2 aliphatic heterocycles. The summed E-state index contributed by atoms with van der Waals surface area (Å²) in [5.41, 5.74) is 0.638. The van der Waals surface area contributed by atoms with Crippen molar-refractivity contribution in [2.75, 3.05) is 30.9 Å². The Hall–Kier alpha value is -1.67. The summed E-state index contributed by atoms with van der Waals surface area (Å²) >= 11 is 0. The number of rotatable bonds is 3. The molecule has 0 aliphatic carbocycles. The fraction of sp³-hybridized carbons (Fsp3) is 0.600. The van der Waals surface area contributed by atoms with Crippen LogP contribution in [-0.4, -0.2) is 50.1 Å². The second-order valence-corrected chi connectivity index (χ2v) is 8.70. The lowest BCUT2D eigenvalue weighted by atomic mass is 9.87. The van der Waals surface area contributed by atoms with E-state index in [9.17, 15) is 18.5 Å². The zero-order valence-electron chi connectivity index (χ0n) is 13.0. The summed E-state index contributed by atoms with van der Waals surface area (Å²) in [5.74, 6) is 0. The maximum atomic E-state index is 12.0. The highest BCUT2D eigenvalue weighted by Crippen LogP contribution is 2.43. The SMILES string of the molecule is CS(=O)(=O)C1CN(c2ccc([N+](=O)[O-])cc2)C2(CCOCC2)C1. The van der Waals surface area contributed by atoms with E-state index in [2.05, 4.69) is 4.90 Å². The molecule has 126 valence electrons. The van der Waals surface area contributed by atoms with Gasteiger partial charge in [-0.1, -0.05) is 0 Å². The molecule has 8 heteroatoms. The molecule has 2 aliphatic rings. The van der Waals surface area contributed by atoms with Crippen LogP contribution in [0.5, 0.6) is 0 Å². The van der Waals surface area contributed by atoms with Gasteiger partial charge in [-0.25, -0.2) is 8.42 Å². The van der Waals surface area contributed by atoms with E-state index in [0.29, 0.717) is 26.2 Å². The molecule has 1 aromatic rings. The lowest BCUT2D eigenvalue weighted by Gasteiger charge is -2.42. The summed E-state index contributed by atoms with van der Waals surface area (Å²) in [7, 11) is -3.13. The number of benzene rings is 1. The zero-order chi connectivity index (χ0) is 16.7. The van der Waals surface area contributed by atoms with Gasteiger partial charge >= 0.3 is 0 Å². The summed E-state index contributed by atoms with van der Waals surface area (Å²) < 4.78 is 29.5. The van der Waals surface area contributed by atoms with E-state index in [1.165, 1.54) is 18.4 Å². The van der Waals surface area contributed by atoms with Gasteiger partial charge in [-0.15, -0.1) is 0 Å². The molecule has 1 unspecified atom stereocenters. The summed E-state index contributed by atoms with van der Waals surface area (Å²) in [4.78, 5) is 12.5. The average Bonchev–Trinajstić information content (AvgIpc) is 2.87. The van der Waals surface area contributed by atoms with Crippen molar-refractivity contribution in [2.45, 2.75) is 30.1 Å². The van der Waals surface area contributed by atoms with Crippen molar-refractivity contribution in [3.63, 3.8) is 0 Å². The Morgan fingerprint density at radius 1 is 1.26 bits per heavy atom. The lowest BCUT2D eigenvalue weighted by Crippen LogP contribution is -2.48. The van der Waals surface area contributed by atoms with Gasteiger partial charge in [-0.3, -0.25) is 10.1 Å². The van der Waals surface area contributed by atoms with Crippen LogP contribution in [0.2, 0.25) is 0 Å². The number of nitrogens with zero attached hydrogens (tertiary/aromatic N) is 2. The van der Waals surface area contributed by atoms with Gasteiger partial charge in [0.05, 0.1) is 10.2 Å². The minimum Gasteiger partial charge on any atom is -0.381 e. The minimum absolute atomic E-state index is 0.0358. The van der Waals surface area contributed by atoms with E-state index in [4.69, 9.17) is 4.74 Å². The molecular weight excluding hydrogens is 320 g/mol. The monoisotopic (exact) mass is 340 g/mol. The minimum atomic E-state index is -3.13. The lowest BCUT2D eigenvalue weighted by molar-refractivity contribution is -0.384. The standard InChI is InChI=1S/C15H20N2O5S/c1-23(20,21)14-10-15(6-8-22-9-7-15)16(11-14)12-2-4-13(5-3-12)17(18)19/h2-5,14H,6-11H2,1H3. The van der Waals surface area contributed by atoms with Crippen LogP contribution in [0.3, 0.4) is 0 Å². The molecule has 1 spiro atoms. The second-order valence-electron chi connectivity index (χ2n) is 6.38. The van der Waals surface area contributed by atoms with Gasteiger partial charge in [0.2, 0.25) is 0 Å². The third-order valence-corrected chi connectivity index (χ3v) is 6.49. The van der Waals surface area contributed by atoms with Crippen LogP contribution in [0.4, 0.5) is 11.4 Å². The molecule has 2 fully saturated rings. The van der Waals surface area contributed by atoms with Crippen LogP contribution in [-0.2, 0) is 14.6 Å². The summed E-state index contributed by atoms with van der Waals surface area (Å²) in [6.07, 6.45) is 3.42. The molecular formula is C15H20N2O5S. The largest absolute Gasteiger partial charge is 0.381 e. The Morgan fingerprint density at radius 2 is 1.87 bits per heavy atom. The normalized spacial score (nSPS) is 24.0. The van der Waals surface area contributed by atoms with Crippen LogP contribution in [0.1, 0.15) is 19.3 Å². The van der Waals surface area contributed by atoms with Crippen molar-refractivity contribution in [3.05, 3.63) is 34.4 Å². The maximum absolute atomic E-state index is 12.0. The highest BCUT2D eigenvalue weighted by Gasteiger charge is 2.49. The maximum Gasteiger partial charge on any atom is 0.269 e. The van der Waals surface area contributed by atoms with Crippen LogP contribution >= 0.6 is 0 Å². The molecule has 0 bridgehead atoms. The van der Waals surface area contributed by atoms with E-state index in [0.717, 1.165) is 18.5 Å². The third-order valence-electron chi connectivity index (χ3n) is 4.97. The molecule has 2 heterocycles. The first kappa shape index (κ1) is 16.2. The van der Waals surface area contributed by atoms with Gasteiger partial charge in [0, 0.05) is 49.4 Å². The number of sulfone groups is 1. The van der Waals surface area contributed by atoms with E-state index in [1.54, 1.807) is 12.1 Å². The molecule has 0 amide bonds. The molecule has 1 atom stereocenters. The summed E-state index contributed by atoms with van der Waals surface area (Å²) in [6.45, 7) is 1.65. The van der Waals surface area contributed by atoms with Crippen LogP contribution < -0.4 is 4.90 Å². The molecule has 0 radical (unpaired) electrons. The molecule has 3 rings (SSSR count). The number of non-ortho nitro benzene ring substituents is 1. The van der Waals surface area contributed by atoms with Gasteiger partial charge in [0.15, 0.2) is 9.84 Å². The fourth-order valence-electron chi connectivity index (χ4n) is 3.64. The molecule has 0 N–H and O–H groups in total. The quantitative estimate of drug-likeness (QED) is 0.615. The van der Waals surface area contributed by atoms with Crippen molar-refractivity contribution in [3.8, 4) is 0 Å². The average molecular weight is 340 g/mol. The summed E-state index contributed by atoms with van der Waals surface area (Å²) in [5, 5.41) is 10.4. The third kappa shape index (κ3) is 3.05. The van der Waals surface area contributed by atoms with Crippen LogP contribution in [0, 0.1) is 10.1 Å². The van der Waals surface area contributed by atoms with Crippen molar-refractivity contribution >= 4 is 21.2 Å². The molecule has 0 aromatic heterocycles. The topological polar surface area (TPSA) is 89.8 Å². The Morgan fingerprint density at radius 3 is 2.39 bits per heavy atom. The predicted molar refractivity (Wildman–Crippen MR) is 86.5 cm³/mol. The molecule has 1 aromatic carbocycles. The van der Waals surface area contributed by atoms with Gasteiger partial charge in [-0.2, -0.15) is 0 Å². The fourth-order valence-corrected chi connectivity index (χ4v) is 4.67. The van der Waals surface area contributed by atoms with Gasteiger partial charge in [-0.05, 0) is 31.4 Å². The van der Waals surface area contributed by atoms with E-state index in [1.807, 2.05) is 0 Å². The van der Waals surface area contributed by atoms with Crippen LogP contribution in [0.25, 0.3) is 0 Å². The van der Waals surface area contributed by atoms with Crippen molar-refractivity contribution < 1.29 is 18.1 Å². The molecule has 7 nitrogen and oxygen atoms in total. The van der Waals surface area contributed by atoms with Gasteiger partial charge in [0.1, 0.15) is 0 Å². The number of hydrogen-bond donors (Lipinski definition) is 0. The molecule has 23 heavy (non-hydrogen) atoms. The highest BCUT2D eigenvalue weighted by molar-refractivity contribution is 7.91. The van der Waals surface area contributed by atoms with Crippen molar-refractivity contribution in [1.29, 1.82) is 0 Å². The Balaban J connectivity index is 1.95. The van der Waals surface area contributed by atoms with Gasteiger partial charge in [0.25, 0.3) is 5.69 Å². The van der Waals surface area contributed by atoms with E-state index < -0.39 is 20.0 Å². The first-order valence-electron chi connectivity index (χ1n) is 7.61. The van der Waals surface area contributed by atoms with Crippen molar-refractivity contribution in [2.24, 2.45) is 0 Å². The van der Waals surface area contributed by atoms with Gasteiger partial charge < -0.3 is 9.64 Å². The van der Waals surface area contributed by atoms with E-state index in [-0.39, 0.29) is 11.2 Å². The Kier molecular flexibility index (Phi) is 4.05. The second kappa shape index (κ2) is 5.76. The van der Waals surface area contributed by atoms with E-state index >= 15 is 0 Å². The number of nitro groups is 1. The molecule has 2 saturated heterocycles. The number of hydrogen-bond acceptors (Lipinski definition) is 6. The Labute approximate surface area is 135 Å². The van der Waals surface area contributed by atoms with Crippen molar-refractivity contribution in [1.82, 2.24) is 0 Å².